The predicted octanol–water partition coefficient (Wildman–Crippen LogP) is 6.70. The monoisotopic (exact) mass is 530 g/mol. The number of carbonyl (C=O) groups excluding carboxylic acids is 2. The number of ketones is 1. The van der Waals surface area contributed by atoms with Crippen molar-refractivity contribution in [1.29, 1.82) is 0 Å². The van der Waals surface area contributed by atoms with E-state index in [1.54, 1.807) is 13.0 Å². The van der Waals surface area contributed by atoms with Gasteiger partial charge < -0.3 is 9.15 Å². The van der Waals surface area contributed by atoms with Crippen LogP contribution in [0.1, 0.15) is 87.3 Å². The summed E-state index contributed by atoms with van der Waals surface area (Å²) in [7, 11) is 0. The highest BCUT2D eigenvalue weighted by Crippen LogP contribution is 2.43. The van der Waals surface area contributed by atoms with E-state index in [1.807, 2.05) is 44.2 Å². The summed E-state index contributed by atoms with van der Waals surface area (Å²) in [6.07, 6.45) is 3.11. The van der Waals surface area contributed by atoms with Gasteiger partial charge in [-0.05, 0) is 68.1 Å². The van der Waals surface area contributed by atoms with Crippen molar-refractivity contribution in [2.24, 2.45) is 0 Å². The van der Waals surface area contributed by atoms with E-state index in [9.17, 15) is 14.4 Å². The van der Waals surface area contributed by atoms with E-state index in [-0.39, 0.29) is 22.5 Å². The fourth-order valence-corrected chi connectivity index (χ4v) is 5.86. The molecule has 1 unspecified atom stereocenters. The number of aromatic nitrogens is 1. The second-order valence-electron chi connectivity index (χ2n) is 9.78. The highest BCUT2D eigenvalue weighted by Gasteiger charge is 2.45. The van der Waals surface area contributed by atoms with Crippen LogP contribution in [0.5, 0.6) is 5.75 Å². The Morgan fingerprint density at radius 3 is 2.58 bits per heavy atom. The molecule has 1 atom stereocenters. The number of carbonyl (C=O) groups is 2. The van der Waals surface area contributed by atoms with Crippen LogP contribution >= 0.6 is 11.3 Å². The first-order chi connectivity index (χ1) is 18.2. The molecule has 8 heteroatoms. The Bertz CT molecular complexity index is 1630. The van der Waals surface area contributed by atoms with Crippen LogP contribution in [-0.2, 0) is 0 Å². The van der Waals surface area contributed by atoms with Gasteiger partial charge in [-0.2, -0.15) is 0 Å². The number of aryl methyl sites for hydroxylation is 3. The van der Waals surface area contributed by atoms with E-state index in [0.717, 1.165) is 41.7 Å². The predicted molar refractivity (Wildman–Crippen MR) is 149 cm³/mol. The van der Waals surface area contributed by atoms with Gasteiger partial charge in [0.1, 0.15) is 11.3 Å². The lowest BCUT2D eigenvalue weighted by Crippen LogP contribution is -2.29. The number of Topliss-reactive ketones (excluding diaryl/α,β-unsaturated/α-hetero) is 1. The van der Waals surface area contributed by atoms with Crippen molar-refractivity contribution in [3.05, 3.63) is 85.2 Å². The Kier molecular flexibility index (Phi) is 6.92. The molecule has 0 spiro atoms. The molecule has 0 bridgehead atoms. The third kappa shape index (κ3) is 4.43. The summed E-state index contributed by atoms with van der Waals surface area (Å²) >= 11 is 1.15. The normalized spacial score (nSPS) is 14.8. The van der Waals surface area contributed by atoms with E-state index in [2.05, 4.69) is 11.9 Å². The number of hydrogen-bond acceptors (Lipinski definition) is 7. The summed E-state index contributed by atoms with van der Waals surface area (Å²) in [4.78, 5) is 46.6. The largest absolute Gasteiger partial charge is 0.494 e. The van der Waals surface area contributed by atoms with Crippen LogP contribution in [0.15, 0.2) is 45.6 Å². The Hall–Kier alpha value is -3.78. The minimum Gasteiger partial charge on any atom is -0.494 e. The smallest absolute Gasteiger partial charge is 0.297 e. The van der Waals surface area contributed by atoms with Crippen LogP contribution in [0.2, 0.25) is 0 Å². The molecule has 0 aliphatic carbocycles. The molecule has 3 heterocycles. The summed E-state index contributed by atoms with van der Waals surface area (Å²) in [6.45, 7) is 9.82. The minimum absolute atomic E-state index is 0.00208. The van der Waals surface area contributed by atoms with Gasteiger partial charge in [0.05, 0.1) is 34.2 Å². The Morgan fingerprint density at radius 2 is 1.87 bits per heavy atom. The molecule has 4 aromatic rings. The molecular weight excluding hydrogens is 500 g/mol. The zero-order chi connectivity index (χ0) is 27.1. The summed E-state index contributed by atoms with van der Waals surface area (Å²) < 4.78 is 12.1. The molecule has 1 amide bonds. The molecule has 2 aromatic carbocycles. The molecule has 0 radical (unpaired) electrons. The molecule has 1 aliphatic rings. The summed E-state index contributed by atoms with van der Waals surface area (Å²) in [5, 5.41) is 0.775. The maximum absolute atomic E-state index is 14.0. The van der Waals surface area contributed by atoms with Crippen LogP contribution in [0, 0.1) is 20.8 Å². The van der Waals surface area contributed by atoms with Crippen LogP contribution < -0.4 is 15.1 Å². The van der Waals surface area contributed by atoms with E-state index in [1.165, 1.54) is 11.8 Å². The minimum atomic E-state index is -0.774. The molecule has 5 rings (SSSR count). The highest BCUT2D eigenvalue weighted by molar-refractivity contribution is 7.17. The van der Waals surface area contributed by atoms with Crippen molar-refractivity contribution in [2.45, 2.75) is 59.9 Å². The molecule has 2 aromatic heterocycles. The number of benzene rings is 2. The van der Waals surface area contributed by atoms with Crippen molar-refractivity contribution in [3.8, 4) is 5.75 Å². The van der Waals surface area contributed by atoms with E-state index < -0.39 is 11.9 Å². The maximum Gasteiger partial charge on any atom is 0.297 e. The zero-order valence-electron chi connectivity index (χ0n) is 22.2. The number of amides is 1. The number of anilines is 1. The summed E-state index contributed by atoms with van der Waals surface area (Å²) in [5.41, 5.74) is 3.58. The van der Waals surface area contributed by atoms with Crippen molar-refractivity contribution in [1.82, 2.24) is 4.98 Å². The van der Waals surface area contributed by atoms with Crippen molar-refractivity contribution >= 4 is 39.1 Å². The van der Waals surface area contributed by atoms with Gasteiger partial charge in [-0.15, -0.1) is 0 Å². The van der Waals surface area contributed by atoms with Gasteiger partial charge in [0.25, 0.3) is 5.91 Å². The van der Waals surface area contributed by atoms with E-state index in [4.69, 9.17) is 9.15 Å². The van der Waals surface area contributed by atoms with Crippen LogP contribution in [0.3, 0.4) is 0 Å². The SMILES string of the molecule is CCCCCOc1cccc(C2c3c(oc4cc(C)c(C)cc4c3=O)C(=O)N2c2nc(C)c(C(C)=O)s2)c1. The molecule has 38 heavy (non-hydrogen) atoms. The molecule has 196 valence electrons. The van der Waals surface area contributed by atoms with Gasteiger partial charge in [0.15, 0.2) is 16.3 Å². The average molecular weight is 531 g/mol. The van der Waals surface area contributed by atoms with Gasteiger partial charge >= 0.3 is 0 Å². The fourth-order valence-electron chi connectivity index (χ4n) is 4.87. The van der Waals surface area contributed by atoms with Crippen LogP contribution in [0.25, 0.3) is 11.0 Å². The lowest BCUT2D eigenvalue weighted by Gasteiger charge is -2.23. The van der Waals surface area contributed by atoms with Gasteiger partial charge in [0, 0.05) is 6.92 Å². The first-order valence-electron chi connectivity index (χ1n) is 12.8. The number of hydrogen-bond donors (Lipinski definition) is 0. The Morgan fingerprint density at radius 1 is 1.11 bits per heavy atom. The number of nitrogens with zero attached hydrogens (tertiary/aromatic N) is 2. The summed E-state index contributed by atoms with van der Waals surface area (Å²) in [5.74, 6) is 0.0822. The molecule has 0 saturated heterocycles. The third-order valence-electron chi connectivity index (χ3n) is 6.99. The number of rotatable bonds is 8. The van der Waals surface area contributed by atoms with Crippen molar-refractivity contribution in [2.75, 3.05) is 11.5 Å². The van der Waals surface area contributed by atoms with Crippen LogP contribution in [0.4, 0.5) is 5.13 Å². The topological polar surface area (TPSA) is 89.7 Å². The first-order valence-corrected chi connectivity index (χ1v) is 13.7. The second kappa shape index (κ2) is 10.2. The van der Waals surface area contributed by atoms with Crippen molar-refractivity contribution in [3.63, 3.8) is 0 Å². The fraction of sp³-hybridized carbons (Fsp3) is 0.333. The molecule has 1 aliphatic heterocycles. The molecule has 0 fully saturated rings. The van der Waals surface area contributed by atoms with Gasteiger partial charge in [-0.1, -0.05) is 43.2 Å². The Balaban J connectivity index is 1.70. The van der Waals surface area contributed by atoms with Gasteiger partial charge in [-0.3, -0.25) is 19.3 Å². The van der Waals surface area contributed by atoms with Gasteiger partial charge in [0.2, 0.25) is 5.76 Å². The number of fused-ring (bicyclic) bond motifs is 2. The number of thiazole rings is 1. The Labute approximate surface area is 225 Å². The average Bonchev–Trinajstić information content (AvgIpc) is 3.41. The zero-order valence-corrected chi connectivity index (χ0v) is 23.0. The lowest BCUT2D eigenvalue weighted by atomic mass is 9.97. The highest BCUT2D eigenvalue weighted by atomic mass is 32.1. The third-order valence-corrected chi connectivity index (χ3v) is 8.25. The quantitative estimate of drug-likeness (QED) is 0.186. The number of unbranched alkanes of at least 4 members (excludes halogenated alkanes) is 2. The molecule has 7 nitrogen and oxygen atoms in total. The van der Waals surface area contributed by atoms with E-state index in [0.29, 0.717) is 44.6 Å². The van der Waals surface area contributed by atoms with Crippen molar-refractivity contribution < 1.29 is 18.7 Å². The maximum atomic E-state index is 14.0. The van der Waals surface area contributed by atoms with Crippen LogP contribution in [-0.4, -0.2) is 23.3 Å². The second-order valence-corrected chi connectivity index (χ2v) is 10.8. The number of ether oxygens (including phenoxy) is 1. The standard InChI is InChI=1S/C30H30N2O5S/c1-6-7-8-12-36-21-11-9-10-20(15-21)25-24-26(34)22-13-16(2)17(3)14-23(22)37-27(24)29(35)32(25)30-31-18(4)28(38-30)19(5)33/h9-11,13-15,25H,6-8,12H2,1-5H3. The molecule has 0 saturated carbocycles. The lowest BCUT2D eigenvalue weighted by molar-refractivity contribution is 0.0969. The molecule has 0 N–H and O–H groups in total. The first kappa shape index (κ1) is 25.9. The molecular formula is C30H30N2O5S. The van der Waals surface area contributed by atoms with Gasteiger partial charge in [-0.25, -0.2) is 4.98 Å². The van der Waals surface area contributed by atoms with E-state index >= 15 is 0 Å². The summed E-state index contributed by atoms with van der Waals surface area (Å²) in [6, 6.07) is 10.3.